The molecule has 1 rings (SSSR count). The van der Waals surface area contributed by atoms with Crippen molar-refractivity contribution in [1.29, 1.82) is 0 Å². The summed E-state index contributed by atoms with van der Waals surface area (Å²) in [5, 5.41) is 55.7. The number of Topliss-reactive ketones (excluding diaryl/α,β-unsaturated/α-hetero) is 1. The second kappa shape index (κ2) is 8.06. The Kier molecular flexibility index (Phi) is 6.09. The lowest BCUT2D eigenvalue weighted by Crippen LogP contribution is -2.48. The average molecular weight is 301 g/mol. The molecule has 0 fully saturated rings. The molecule has 1 aromatic rings. The zero-order valence-corrected chi connectivity index (χ0v) is 11.2. The van der Waals surface area contributed by atoms with Gasteiger partial charge >= 0.3 is 0 Å². The van der Waals surface area contributed by atoms with E-state index >= 15 is 0 Å². The summed E-state index contributed by atoms with van der Waals surface area (Å²) >= 11 is 0. The number of benzene rings is 1. The number of carbonyl (C=O) groups excluding carboxylic acids is 1. The van der Waals surface area contributed by atoms with Crippen LogP contribution >= 0.6 is 0 Å². The van der Waals surface area contributed by atoms with Crippen molar-refractivity contribution >= 4 is 5.78 Å². The number of carbonyl (C=O) groups is 1. The molecule has 5 atom stereocenters. The van der Waals surface area contributed by atoms with E-state index in [2.05, 4.69) is 0 Å². The van der Waals surface area contributed by atoms with E-state index in [-0.39, 0.29) is 12.2 Å². The van der Waals surface area contributed by atoms with Crippen LogP contribution in [0.25, 0.3) is 0 Å². The summed E-state index contributed by atoms with van der Waals surface area (Å²) in [6.07, 6.45) is -9.14. The van der Waals surface area contributed by atoms with Crippen LogP contribution in [0.1, 0.15) is 13.3 Å². The summed E-state index contributed by atoms with van der Waals surface area (Å²) in [7, 11) is 0. The molecule has 0 aromatic heterocycles. The number of rotatable bonds is 8. The molecule has 0 aliphatic carbocycles. The molecule has 21 heavy (non-hydrogen) atoms. The maximum Gasteiger partial charge on any atom is 0.164 e. The Labute approximate surface area is 123 Å². The number of aromatic hydroxyl groups is 1. The van der Waals surface area contributed by atoms with E-state index in [0.29, 0.717) is 5.56 Å². The van der Waals surface area contributed by atoms with Gasteiger partial charge in [-0.05, 0) is 24.1 Å². The highest BCUT2D eigenvalue weighted by Gasteiger charge is 2.33. The van der Waals surface area contributed by atoms with Crippen molar-refractivity contribution in [1.82, 2.24) is 0 Å². The minimum Gasteiger partial charge on any atom is -0.508 e. The normalized spacial score (nSPS) is 19.2. The average Bonchev–Trinajstić information content (AvgIpc) is 2.53. The standard InChI is InChI=1S/C14H20O7/c15-7-11(18)13(20)14(21)12(19)10(17)6-3-8-1-4-9(16)5-2-8/h1-2,4-5,11-16,18-21H,3,6-7H2/t11-,12+,13-,14-/m1/s1/i6D/t6?,11-,12+,13-,14-. The third-order valence-corrected chi connectivity index (χ3v) is 3.02. The number of hydrogen-bond acceptors (Lipinski definition) is 7. The first-order valence-corrected chi connectivity index (χ1v) is 6.35. The summed E-state index contributed by atoms with van der Waals surface area (Å²) in [5.41, 5.74) is 0.573. The van der Waals surface area contributed by atoms with Gasteiger partial charge in [0.15, 0.2) is 5.78 Å². The monoisotopic (exact) mass is 301 g/mol. The minimum absolute atomic E-state index is 0.0353. The maximum atomic E-state index is 11.9. The molecule has 1 aromatic carbocycles. The predicted molar refractivity (Wildman–Crippen MR) is 72.5 cm³/mol. The highest BCUT2D eigenvalue weighted by atomic mass is 16.4. The number of aryl methyl sites for hydroxylation is 1. The van der Waals surface area contributed by atoms with Gasteiger partial charge in [-0.1, -0.05) is 12.1 Å². The van der Waals surface area contributed by atoms with Gasteiger partial charge in [-0.15, -0.1) is 0 Å². The van der Waals surface area contributed by atoms with Crippen LogP contribution in [0.4, 0.5) is 0 Å². The number of aliphatic hydroxyl groups excluding tert-OH is 5. The second-order valence-electron chi connectivity index (χ2n) is 4.65. The predicted octanol–water partition coefficient (Wildman–Crippen LogP) is -1.67. The molecule has 0 aliphatic rings. The highest BCUT2D eigenvalue weighted by Crippen LogP contribution is 2.13. The molecular weight excluding hydrogens is 280 g/mol. The lowest BCUT2D eigenvalue weighted by Gasteiger charge is -2.24. The Morgan fingerprint density at radius 2 is 1.67 bits per heavy atom. The second-order valence-corrected chi connectivity index (χ2v) is 4.65. The van der Waals surface area contributed by atoms with Crippen LogP contribution in [-0.4, -0.2) is 67.4 Å². The van der Waals surface area contributed by atoms with Gasteiger partial charge in [0.25, 0.3) is 0 Å². The molecule has 0 heterocycles. The lowest BCUT2D eigenvalue weighted by atomic mass is 9.97. The molecule has 0 radical (unpaired) electrons. The first kappa shape index (κ1) is 15.9. The van der Waals surface area contributed by atoms with Crippen molar-refractivity contribution < 1.29 is 36.8 Å². The van der Waals surface area contributed by atoms with E-state index in [4.69, 9.17) is 11.6 Å². The maximum absolute atomic E-state index is 11.9. The summed E-state index contributed by atoms with van der Waals surface area (Å²) in [6.45, 7) is -0.850. The number of phenols is 1. The van der Waals surface area contributed by atoms with E-state index in [1.165, 1.54) is 24.3 Å². The van der Waals surface area contributed by atoms with Gasteiger partial charge in [-0.3, -0.25) is 4.79 Å². The van der Waals surface area contributed by atoms with E-state index in [1.54, 1.807) is 0 Å². The molecule has 7 nitrogen and oxygen atoms in total. The summed E-state index contributed by atoms with van der Waals surface area (Å²) in [6, 6.07) is 5.80. The molecule has 0 saturated heterocycles. The van der Waals surface area contributed by atoms with Crippen LogP contribution in [0.15, 0.2) is 24.3 Å². The Hall–Kier alpha value is -1.51. The van der Waals surface area contributed by atoms with Gasteiger partial charge in [0.1, 0.15) is 30.2 Å². The van der Waals surface area contributed by atoms with E-state index in [1.807, 2.05) is 0 Å². The molecule has 1 unspecified atom stereocenters. The number of phenolic OH excluding ortho intramolecular Hbond substituents is 1. The molecule has 0 spiro atoms. The van der Waals surface area contributed by atoms with Gasteiger partial charge in [0, 0.05) is 7.77 Å². The van der Waals surface area contributed by atoms with Crippen LogP contribution in [-0.2, 0) is 11.2 Å². The van der Waals surface area contributed by atoms with Crippen molar-refractivity contribution in [3.63, 3.8) is 0 Å². The largest absolute Gasteiger partial charge is 0.508 e. The summed E-state index contributed by atoms with van der Waals surface area (Å²) < 4.78 is 7.71. The topological polar surface area (TPSA) is 138 Å². The van der Waals surface area contributed by atoms with Crippen molar-refractivity contribution in [3.05, 3.63) is 29.8 Å². The molecule has 118 valence electrons. The zero-order chi connectivity index (χ0) is 16.9. The Morgan fingerprint density at radius 1 is 1.10 bits per heavy atom. The molecule has 0 bridgehead atoms. The molecule has 6 N–H and O–H groups in total. The van der Waals surface area contributed by atoms with Crippen LogP contribution in [0.2, 0.25) is 0 Å². The van der Waals surface area contributed by atoms with Crippen molar-refractivity contribution in [2.24, 2.45) is 0 Å². The lowest BCUT2D eigenvalue weighted by molar-refractivity contribution is -0.146. The smallest absolute Gasteiger partial charge is 0.164 e. The first-order chi connectivity index (χ1) is 10.3. The fourth-order valence-electron chi connectivity index (χ4n) is 1.66. The Balaban J connectivity index is 2.66. The van der Waals surface area contributed by atoms with Gasteiger partial charge < -0.3 is 30.6 Å². The summed E-state index contributed by atoms with van der Waals surface area (Å²) in [4.78, 5) is 11.9. The van der Waals surface area contributed by atoms with Crippen molar-refractivity contribution in [3.8, 4) is 5.75 Å². The zero-order valence-electron chi connectivity index (χ0n) is 12.2. The first-order valence-electron chi connectivity index (χ1n) is 6.92. The van der Waals surface area contributed by atoms with Gasteiger partial charge in [-0.2, -0.15) is 0 Å². The molecule has 0 saturated carbocycles. The van der Waals surface area contributed by atoms with Crippen molar-refractivity contribution in [2.45, 2.75) is 37.2 Å². The van der Waals surface area contributed by atoms with E-state index in [0.717, 1.165) is 0 Å². The SMILES string of the molecule is [2H]C(Cc1ccc(O)cc1)C(=O)[C@H](O)[C@@H](O)[C@H](O)[C@H](O)CO. The van der Waals surface area contributed by atoms with Crippen molar-refractivity contribution in [2.75, 3.05) is 6.61 Å². The third kappa shape index (κ3) is 5.07. The number of hydrogen-bond donors (Lipinski definition) is 6. The number of aliphatic hydroxyl groups is 5. The van der Waals surface area contributed by atoms with Crippen LogP contribution in [0, 0.1) is 0 Å². The van der Waals surface area contributed by atoms with Crippen LogP contribution < -0.4 is 0 Å². The summed E-state index contributed by atoms with van der Waals surface area (Å²) in [5.74, 6) is -0.988. The van der Waals surface area contributed by atoms with Gasteiger partial charge in [-0.25, -0.2) is 0 Å². The molecule has 0 aliphatic heterocycles. The molecule has 7 heteroatoms. The van der Waals surface area contributed by atoms with Crippen LogP contribution in [0.5, 0.6) is 5.75 Å². The van der Waals surface area contributed by atoms with E-state index in [9.17, 15) is 25.2 Å². The highest BCUT2D eigenvalue weighted by molar-refractivity contribution is 5.83. The molecule has 0 amide bonds. The Bertz CT molecular complexity index is 479. The third-order valence-electron chi connectivity index (χ3n) is 3.02. The van der Waals surface area contributed by atoms with Crippen LogP contribution in [0.3, 0.4) is 0 Å². The quantitative estimate of drug-likeness (QED) is 0.337. The van der Waals surface area contributed by atoms with E-state index < -0.39 is 43.2 Å². The fraction of sp³-hybridized carbons (Fsp3) is 0.500. The number of ketones is 1. The van der Waals surface area contributed by atoms with Gasteiger partial charge in [0.05, 0.1) is 6.61 Å². The minimum atomic E-state index is -2.06. The Morgan fingerprint density at radius 3 is 2.19 bits per heavy atom. The van der Waals surface area contributed by atoms with Gasteiger partial charge in [0.2, 0.25) is 0 Å². The molecular formula is C14H20O7. The fourth-order valence-corrected chi connectivity index (χ4v) is 1.66.